The van der Waals surface area contributed by atoms with Crippen LogP contribution in [0.15, 0.2) is 54.6 Å². The molecule has 0 aromatic heterocycles. The van der Waals surface area contributed by atoms with E-state index in [4.69, 9.17) is 0 Å². The monoisotopic (exact) mass is 347 g/mol. The molecule has 2 aromatic rings. The Balaban J connectivity index is 1.45. The molecule has 1 heterocycles. The lowest BCUT2D eigenvalue weighted by Crippen LogP contribution is -2.45. The van der Waals surface area contributed by atoms with Crippen molar-refractivity contribution in [2.75, 3.05) is 13.1 Å². The van der Waals surface area contributed by atoms with E-state index in [0.29, 0.717) is 5.41 Å². The van der Waals surface area contributed by atoms with Gasteiger partial charge in [-0.2, -0.15) is 0 Å². The lowest BCUT2D eigenvalue weighted by Gasteiger charge is -2.44. The topological polar surface area (TPSA) is 3.24 Å². The summed E-state index contributed by atoms with van der Waals surface area (Å²) in [6.07, 6.45) is 8.16. The number of piperidine rings is 1. The van der Waals surface area contributed by atoms with Crippen molar-refractivity contribution >= 4 is 0 Å². The molecular formula is C25H33N. The highest BCUT2D eigenvalue weighted by Gasteiger charge is 2.35. The zero-order valence-electron chi connectivity index (χ0n) is 16.5. The van der Waals surface area contributed by atoms with E-state index < -0.39 is 0 Å². The molecule has 1 aliphatic carbocycles. The number of nitrogens with zero attached hydrogens (tertiary/aromatic N) is 1. The van der Waals surface area contributed by atoms with Crippen molar-refractivity contribution in [1.82, 2.24) is 4.90 Å². The highest BCUT2D eigenvalue weighted by Crippen LogP contribution is 2.42. The van der Waals surface area contributed by atoms with Crippen LogP contribution in [0.4, 0.5) is 0 Å². The van der Waals surface area contributed by atoms with E-state index in [0.717, 1.165) is 12.0 Å². The number of likely N-dealkylation sites (tertiary alicyclic amines) is 1. The van der Waals surface area contributed by atoms with Crippen molar-refractivity contribution in [3.8, 4) is 11.1 Å². The molecule has 1 heteroatoms. The summed E-state index contributed by atoms with van der Waals surface area (Å²) in [6, 6.07) is 20.9. The van der Waals surface area contributed by atoms with Crippen LogP contribution < -0.4 is 0 Å². The molecule has 1 saturated heterocycles. The molecule has 0 bridgehead atoms. The van der Waals surface area contributed by atoms with Crippen molar-refractivity contribution in [3.63, 3.8) is 0 Å². The van der Waals surface area contributed by atoms with Crippen molar-refractivity contribution in [3.05, 3.63) is 60.2 Å². The van der Waals surface area contributed by atoms with Gasteiger partial charge in [-0.15, -0.1) is 0 Å². The summed E-state index contributed by atoms with van der Waals surface area (Å²) in [5.74, 6) is 0.931. The van der Waals surface area contributed by atoms with Gasteiger partial charge in [0.2, 0.25) is 0 Å². The fourth-order valence-corrected chi connectivity index (χ4v) is 4.99. The minimum absolute atomic E-state index is 0.338. The Hall–Kier alpha value is -1.60. The first kappa shape index (κ1) is 17.8. The second-order valence-corrected chi connectivity index (χ2v) is 8.96. The minimum atomic E-state index is 0.338. The molecule has 1 saturated carbocycles. The van der Waals surface area contributed by atoms with Gasteiger partial charge in [-0.3, -0.25) is 0 Å². The van der Waals surface area contributed by atoms with E-state index in [2.05, 4.69) is 73.3 Å². The lowest BCUT2D eigenvalue weighted by atomic mass is 9.69. The maximum absolute atomic E-state index is 2.79. The average Bonchev–Trinajstić information content (AvgIpc) is 2.70. The molecule has 0 radical (unpaired) electrons. The predicted octanol–water partition coefficient (Wildman–Crippen LogP) is 6.29. The largest absolute Gasteiger partial charge is 0.300 e. The maximum atomic E-state index is 2.79. The summed E-state index contributed by atoms with van der Waals surface area (Å²) in [6.45, 7) is 7.55. The van der Waals surface area contributed by atoms with Gasteiger partial charge in [0.15, 0.2) is 0 Å². The third-order valence-corrected chi connectivity index (χ3v) is 7.06. The van der Waals surface area contributed by atoms with Crippen molar-refractivity contribution in [2.45, 2.75) is 63.8 Å². The second-order valence-electron chi connectivity index (χ2n) is 8.96. The Labute approximate surface area is 159 Å². The Kier molecular flexibility index (Phi) is 5.18. The van der Waals surface area contributed by atoms with Gasteiger partial charge in [-0.05, 0) is 79.6 Å². The van der Waals surface area contributed by atoms with Gasteiger partial charge in [0.25, 0.3) is 0 Å². The van der Waals surface area contributed by atoms with Crippen LogP contribution in [0.25, 0.3) is 11.1 Å². The molecule has 0 unspecified atom stereocenters. The van der Waals surface area contributed by atoms with Gasteiger partial charge in [-0.25, -0.2) is 0 Å². The van der Waals surface area contributed by atoms with Crippen LogP contribution in [0.3, 0.4) is 0 Å². The third-order valence-electron chi connectivity index (χ3n) is 7.06. The number of rotatable bonds is 3. The zero-order valence-corrected chi connectivity index (χ0v) is 16.5. The molecule has 1 nitrogen and oxygen atoms in total. The smallest absolute Gasteiger partial charge is 0.00958 e. The second kappa shape index (κ2) is 7.56. The average molecular weight is 348 g/mol. The van der Waals surface area contributed by atoms with Crippen LogP contribution >= 0.6 is 0 Å². The predicted molar refractivity (Wildman–Crippen MR) is 111 cm³/mol. The first-order valence-corrected chi connectivity index (χ1v) is 10.5. The van der Waals surface area contributed by atoms with Crippen molar-refractivity contribution in [2.24, 2.45) is 5.92 Å². The summed E-state index contributed by atoms with van der Waals surface area (Å²) in [4.78, 5) is 2.79. The van der Waals surface area contributed by atoms with E-state index in [9.17, 15) is 0 Å². The normalized spacial score (nSPS) is 28.2. The van der Waals surface area contributed by atoms with Crippen LogP contribution in [-0.4, -0.2) is 24.0 Å². The van der Waals surface area contributed by atoms with Gasteiger partial charge in [0.05, 0.1) is 0 Å². The summed E-state index contributed by atoms with van der Waals surface area (Å²) in [5, 5.41) is 0. The molecule has 0 atom stereocenters. The van der Waals surface area contributed by atoms with Gasteiger partial charge in [0, 0.05) is 6.04 Å². The Morgan fingerprint density at radius 3 is 2.15 bits per heavy atom. The molecule has 1 aliphatic heterocycles. The van der Waals surface area contributed by atoms with E-state index in [-0.39, 0.29) is 0 Å². The molecule has 2 fully saturated rings. The van der Waals surface area contributed by atoms with Crippen LogP contribution in [-0.2, 0) is 5.41 Å². The van der Waals surface area contributed by atoms with E-state index in [1.165, 1.54) is 68.3 Å². The van der Waals surface area contributed by atoms with Gasteiger partial charge >= 0.3 is 0 Å². The SMILES string of the molecule is CC1CCN(C2CCC(C)(c3cccc(-c4ccccc4)c3)CC2)CC1. The van der Waals surface area contributed by atoms with E-state index >= 15 is 0 Å². The van der Waals surface area contributed by atoms with Gasteiger partial charge in [-0.1, -0.05) is 68.4 Å². The number of hydrogen-bond donors (Lipinski definition) is 0. The first-order valence-electron chi connectivity index (χ1n) is 10.5. The summed E-state index contributed by atoms with van der Waals surface area (Å²) >= 11 is 0. The van der Waals surface area contributed by atoms with Crippen molar-refractivity contribution in [1.29, 1.82) is 0 Å². The molecule has 138 valence electrons. The fourth-order valence-electron chi connectivity index (χ4n) is 4.99. The molecule has 4 rings (SSSR count). The maximum Gasteiger partial charge on any atom is 0.00958 e. The molecule has 2 aromatic carbocycles. The molecular weight excluding hydrogens is 314 g/mol. The standard InChI is InChI=1S/C25H33N/c1-20-13-17-26(18-14-20)24-11-15-25(2,16-12-24)23-10-6-9-22(19-23)21-7-4-3-5-8-21/h3-10,19-20,24H,11-18H2,1-2H3. The molecule has 26 heavy (non-hydrogen) atoms. The van der Waals surface area contributed by atoms with Crippen LogP contribution in [0, 0.1) is 5.92 Å². The highest BCUT2D eigenvalue weighted by molar-refractivity contribution is 5.64. The van der Waals surface area contributed by atoms with Gasteiger partial charge < -0.3 is 4.90 Å². The van der Waals surface area contributed by atoms with Crippen LogP contribution in [0.2, 0.25) is 0 Å². The molecule has 2 aliphatic rings. The molecule has 0 N–H and O–H groups in total. The van der Waals surface area contributed by atoms with Crippen LogP contribution in [0.1, 0.15) is 57.9 Å². The Bertz CT molecular complexity index is 704. The number of hydrogen-bond acceptors (Lipinski definition) is 1. The minimum Gasteiger partial charge on any atom is -0.300 e. The van der Waals surface area contributed by atoms with Crippen LogP contribution in [0.5, 0.6) is 0 Å². The fraction of sp³-hybridized carbons (Fsp3) is 0.520. The highest BCUT2D eigenvalue weighted by atomic mass is 15.2. The first-order chi connectivity index (χ1) is 12.6. The summed E-state index contributed by atoms with van der Waals surface area (Å²) in [7, 11) is 0. The summed E-state index contributed by atoms with van der Waals surface area (Å²) < 4.78 is 0. The Morgan fingerprint density at radius 1 is 0.808 bits per heavy atom. The van der Waals surface area contributed by atoms with E-state index in [1.807, 2.05) is 0 Å². The zero-order chi connectivity index (χ0) is 18.0. The summed E-state index contributed by atoms with van der Waals surface area (Å²) in [5.41, 5.74) is 4.56. The van der Waals surface area contributed by atoms with Crippen molar-refractivity contribution < 1.29 is 0 Å². The van der Waals surface area contributed by atoms with E-state index in [1.54, 1.807) is 0 Å². The molecule has 0 amide bonds. The molecule has 0 spiro atoms. The lowest BCUT2D eigenvalue weighted by molar-refractivity contribution is 0.0928. The number of benzene rings is 2. The Morgan fingerprint density at radius 2 is 1.46 bits per heavy atom. The van der Waals surface area contributed by atoms with Gasteiger partial charge in [0.1, 0.15) is 0 Å². The quantitative estimate of drug-likeness (QED) is 0.631. The third kappa shape index (κ3) is 3.74.